The second-order valence-corrected chi connectivity index (χ2v) is 16.1. The molecule has 3 heterocycles. The van der Waals surface area contributed by atoms with Crippen molar-refractivity contribution < 1.29 is 41.8 Å². The largest absolute Gasteiger partial charge is 0.442 e. The van der Waals surface area contributed by atoms with Crippen molar-refractivity contribution in [2.24, 2.45) is 17.8 Å². The Morgan fingerprint density at radius 1 is 1.02 bits per heavy atom. The van der Waals surface area contributed by atoms with Gasteiger partial charge in [0, 0.05) is 70.4 Å². The number of aliphatic hydroxyl groups is 1. The monoisotopic (exact) mass is 720 g/mol. The highest BCUT2D eigenvalue weighted by Gasteiger charge is 2.38. The number of aliphatic hydroxyl groups excluding tert-OH is 1. The molecule has 1 amide bonds. The number of amides is 1. The van der Waals surface area contributed by atoms with Gasteiger partial charge in [0.25, 0.3) is 0 Å². The number of sulfonamides is 1. The van der Waals surface area contributed by atoms with Crippen molar-refractivity contribution >= 4 is 40.5 Å². The fourth-order valence-corrected chi connectivity index (χ4v) is 8.07. The van der Waals surface area contributed by atoms with Crippen molar-refractivity contribution in [3.63, 3.8) is 0 Å². The normalized spacial score (nSPS) is 21.7. The molecule has 0 spiro atoms. The quantitative estimate of drug-likeness (QED) is 0.200. The van der Waals surface area contributed by atoms with E-state index in [0.717, 1.165) is 24.9 Å². The molecule has 0 aromatic heterocycles. The van der Waals surface area contributed by atoms with E-state index in [9.17, 15) is 32.3 Å². The summed E-state index contributed by atoms with van der Waals surface area (Å²) in [7, 11) is -1.41. The number of allylic oxidation sites excluding steroid dienone is 2. The summed E-state index contributed by atoms with van der Waals surface area (Å²) >= 11 is 0. The first-order chi connectivity index (χ1) is 23.8. The Labute approximate surface area is 295 Å². The molecule has 0 saturated carbocycles. The van der Waals surface area contributed by atoms with E-state index in [4.69, 9.17) is 9.47 Å². The van der Waals surface area contributed by atoms with E-state index in [2.05, 4.69) is 4.90 Å². The summed E-state index contributed by atoms with van der Waals surface area (Å²) in [5, 5.41) is 9.61. The predicted octanol–water partition coefficient (Wildman–Crippen LogP) is 3.21. The number of likely N-dealkylation sites (N-methyl/N-ethyl adjacent to an activating group) is 1. The van der Waals surface area contributed by atoms with Gasteiger partial charge < -0.3 is 38.9 Å². The molecule has 50 heavy (non-hydrogen) atoms. The average Bonchev–Trinajstić information content (AvgIpc) is 3.05. The molecule has 4 rings (SSSR count). The Bertz CT molecular complexity index is 1470. The molecule has 3 fully saturated rings. The van der Waals surface area contributed by atoms with Gasteiger partial charge in [-0.25, -0.2) is 17.6 Å². The number of rotatable bonds is 16. The molecule has 3 aliphatic rings. The Kier molecular flexibility index (Phi) is 14.5. The van der Waals surface area contributed by atoms with Gasteiger partial charge in [-0.3, -0.25) is 0 Å². The lowest BCUT2D eigenvalue weighted by Gasteiger charge is -2.38. The number of nitrogens with zero attached hydrogens (tertiary/aromatic N) is 4. The number of carbonyl (C=O) groups excluding carboxylic acids is 3. The summed E-state index contributed by atoms with van der Waals surface area (Å²) in [6, 6.07) is 4.68. The first kappa shape index (κ1) is 39.6. The molecule has 0 unspecified atom stereocenters. The van der Waals surface area contributed by atoms with Crippen molar-refractivity contribution in [1.29, 1.82) is 0 Å². The summed E-state index contributed by atoms with van der Waals surface area (Å²) in [6.45, 7) is 10.1. The number of piperazine rings is 2. The van der Waals surface area contributed by atoms with Crippen LogP contribution < -0.4 is 4.90 Å². The maximum atomic E-state index is 14.9. The first-order valence-electron chi connectivity index (χ1n) is 17.5. The first-order valence-corrected chi connectivity index (χ1v) is 19.0. The van der Waals surface area contributed by atoms with Crippen molar-refractivity contribution in [2.45, 2.75) is 57.5 Å². The predicted molar refractivity (Wildman–Crippen MR) is 190 cm³/mol. The van der Waals surface area contributed by atoms with Crippen molar-refractivity contribution in [2.75, 3.05) is 77.5 Å². The Hall–Kier alpha value is -3.17. The Morgan fingerprint density at radius 3 is 2.30 bits per heavy atom. The minimum atomic E-state index is -3.41. The van der Waals surface area contributed by atoms with E-state index in [1.807, 2.05) is 44.9 Å². The van der Waals surface area contributed by atoms with Crippen LogP contribution in [0.3, 0.4) is 0 Å². The SMILES string of the molecule is C/C(=C\c1cc(F)cc(N2CCN(S(=O)(=O)C3COC3)CC2)c1)[C@@H](C=O)[C@@H](C)/C=C/[C@H](OC(=O)N1CCN(C)CC1)[C@@H](C)CC[C@@H](O)CC=O. The maximum Gasteiger partial charge on any atom is 0.410 e. The molecule has 1 aromatic carbocycles. The molecule has 1 aromatic rings. The highest BCUT2D eigenvalue weighted by atomic mass is 32.2. The van der Waals surface area contributed by atoms with E-state index in [-0.39, 0.29) is 31.5 Å². The van der Waals surface area contributed by atoms with E-state index in [1.165, 1.54) is 16.4 Å². The summed E-state index contributed by atoms with van der Waals surface area (Å²) in [4.78, 5) is 42.1. The number of hydrogen-bond acceptors (Lipinski definition) is 10. The highest BCUT2D eigenvalue weighted by Crippen LogP contribution is 2.28. The van der Waals surface area contributed by atoms with Crippen LogP contribution in [0.1, 0.15) is 45.6 Å². The van der Waals surface area contributed by atoms with Gasteiger partial charge in [-0.05, 0) is 68.5 Å². The molecule has 0 aliphatic carbocycles. The number of benzene rings is 1. The standard InChI is InChI=1S/C36H53FN4O8S/c1-26(6-8-35(27(2)5-7-32(44)9-18-42)49-36(45)40-12-10-38(4)11-13-40)34(23-43)28(3)19-29-20-30(37)22-31(21-29)39-14-16-41(17-15-39)50(46,47)33-24-48-25-33/h6,8,18-23,26-27,32-35,44H,5,7,9-17,24-25H2,1-4H3/b8-6+,28-19+/t26-,27-,32+,34-,35-/m0/s1. The van der Waals surface area contributed by atoms with Gasteiger partial charge in [-0.15, -0.1) is 0 Å². The van der Waals surface area contributed by atoms with E-state index < -0.39 is 45.3 Å². The van der Waals surface area contributed by atoms with E-state index in [1.54, 1.807) is 17.1 Å². The Morgan fingerprint density at radius 2 is 1.70 bits per heavy atom. The highest BCUT2D eigenvalue weighted by molar-refractivity contribution is 7.89. The van der Waals surface area contributed by atoms with Crippen LogP contribution in [0.2, 0.25) is 0 Å². The van der Waals surface area contributed by atoms with E-state index in [0.29, 0.717) is 69.6 Å². The fourth-order valence-electron chi connectivity index (χ4n) is 6.44. The maximum absolute atomic E-state index is 14.9. The van der Waals surface area contributed by atoms with Gasteiger partial charge in [-0.1, -0.05) is 31.6 Å². The van der Waals surface area contributed by atoms with Crippen LogP contribution >= 0.6 is 0 Å². The second-order valence-electron chi connectivity index (χ2n) is 13.9. The third kappa shape index (κ3) is 10.7. The van der Waals surface area contributed by atoms with Crippen LogP contribution in [0.25, 0.3) is 6.08 Å². The van der Waals surface area contributed by atoms with Gasteiger partial charge in [0.1, 0.15) is 29.7 Å². The molecular weight excluding hydrogens is 667 g/mol. The summed E-state index contributed by atoms with van der Waals surface area (Å²) in [5.41, 5.74) is 1.95. The molecule has 1 N–H and O–H groups in total. The van der Waals surface area contributed by atoms with Gasteiger partial charge in [0.15, 0.2) is 0 Å². The minimum Gasteiger partial charge on any atom is -0.442 e. The number of aldehydes is 2. The van der Waals surface area contributed by atoms with Crippen LogP contribution in [0.4, 0.5) is 14.9 Å². The van der Waals surface area contributed by atoms with Gasteiger partial charge in [0.2, 0.25) is 10.0 Å². The van der Waals surface area contributed by atoms with Crippen LogP contribution in [0, 0.1) is 23.6 Å². The van der Waals surface area contributed by atoms with Crippen molar-refractivity contribution in [3.8, 4) is 0 Å². The van der Waals surface area contributed by atoms with Crippen molar-refractivity contribution in [3.05, 3.63) is 47.3 Å². The van der Waals surface area contributed by atoms with E-state index >= 15 is 0 Å². The summed E-state index contributed by atoms with van der Waals surface area (Å²) in [5.74, 6) is -1.43. The minimum absolute atomic E-state index is 0.0440. The van der Waals surface area contributed by atoms with Crippen LogP contribution in [-0.2, 0) is 29.1 Å². The summed E-state index contributed by atoms with van der Waals surface area (Å²) < 4.78 is 53.0. The fraction of sp³-hybridized carbons (Fsp3) is 0.639. The zero-order valence-electron chi connectivity index (χ0n) is 29.7. The van der Waals surface area contributed by atoms with Gasteiger partial charge in [0.05, 0.1) is 19.3 Å². The smallest absolute Gasteiger partial charge is 0.410 e. The average molecular weight is 721 g/mol. The van der Waals surface area contributed by atoms with Gasteiger partial charge >= 0.3 is 6.09 Å². The van der Waals surface area contributed by atoms with Crippen LogP contribution in [0.5, 0.6) is 0 Å². The number of carbonyl (C=O) groups is 3. The molecule has 278 valence electrons. The molecule has 12 nitrogen and oxygen atoms in total. The molecule has 3 saturated heterocycles. The summed E-state index contributed by atoms with van der Waals surface area (Å²) in [6.07, 6.45) is 6.14. The van der Waals surface area contributed by atoms with Crippen LogP contribution in [-0.4, -0.2) is 136 Å². The second kappa shape index (κ2) is 18.4. The molecule has 14 heteroatoms. The van der Waals surface area contributed by atoms with Crippen LogP contribution in [0.15, 0.2) is 35.9 Å². The molecule has 3 aliphatic heterocycles. The molecule has 0 bridgehead atoms. The number of hydrogen-bond donors (Lipinski definition) is 1. The third-order valence-electron chi connectivity index (χ3n) is 10.0. The van der Waals surface area contributed by atoms with Crippen molar-refractivity contribution in [1.82, 2.24) is 14.1 Å². The van der Waals surface area contributed by atoms with Gasteiger partial charge in [-0.2, -0.15) is 4.31 Å². The molecule has 5 atom stereocenters. The number of anilines is 1. The topological polar surface area (TPSA) is 137 Å². The third-order valence-corrected chi connectivity index (χ3v) is 12.2. The zero-order valence-corrected chi connectivity index (χ0v) is 30.5. The number of halogens is 1. The molecular formula is C36H53FN4O8S. The number of ether oxygens (including phenoxy) is 2. The lowest BCUT2D eigenvalue weighted by atomic mass is 9.86. The lowest BCUT2D eigenvalue weighted by Crippen LogP contribution is -2.55. The lowest BCUT2D eigenvalue weighted by molar-refractivity contribution is -0.111. The molecule has 0 radical (unpaired) electrons. The Balaban J connectivity index is 1.44. The zero-order chi connectivity index (χ0) is 36.4.